The fourth-order valence-electron chi connectivity index (χ4n) is 2.41. The van der Waals surface area contributed by atoms with Crippen LogP contribution < -0.4 is 10.5 Å². The number of sulfonamides is 1. The minimum atomic E-state index is -3.52. The van der Waals surface area contributed by atoms with Gasteiger partial charge in [-0.3, -0.25) is 0 Å². The molecule has 1 fully saturated rings. The van der Waals surface area contributed by atoms with Crippen molar-refractivity contribution in [1.29, 1.82) is 0 Å². The zero-order valence-electron chi connectivity index (χ0n) is 12.0. The molecule has 3 N–H and O–H groups in total. The van der Waals surface area contributed by atoms with Crippen LogP contribution >= 0.6 is 0 Å². The fourth-order valence-corrected chi connectivity index (χ4v) is 3.88. The summed E-state index contributed by atoms with van der Waals surface area (Å²) < 4.78 is 32.8. The molecule has 1 aromatic rings. The van der Waals surface area contributed by atoms with Gasteiger partial charge in [0, 0.05) is 18.8 Å². The maximum absolute atomic E-state index is 12.4. The molecule has 0 spiro atoms. The van der Waals surface area contributed by atoms with Gasteiger partial charge in [-0.05, 0) is 55.9 Å². The number of rotatable bonds is 4. The molecule has 1 aliphatic heterocycles. The van der Waals surface area contributed by atoms with Crippen LogP contribution in [0.15, 0.2) is 17.0 Å². The van der Waals surface area contributed by atoms with E-state index >= 15 is 0 Å². The van der Waals surface area contributed by atoms with Crippen LogP contribution in [0.4, 0.5) is 5.69 Å². The zero-order chi connectivity index (χ0) is 14.8. The number of benzene rings is 1. The Bertz CT molecular complexity index is 578. The van der Waals surface area contributed by atoms with E-state index in [9.17, 15) is 8.42 Å². The van der Waals surface area contributed by atoms with Crippen molar-refractivity contribution in [3.8, 4) is 0 Å². The number of nitrogens with two attached hydrogens (primary N) is 1. The zero-order valence-corrected chi connectivity index (χ0v) is 12.8. The Balaban J connectivity index is 2.14. The lowest BCUT2D eigenvalue weighted by Gasteiger charge is -2.22. The van der Waals surface area contributed by atoms with Gasteiger partial charge in [-0.15, -0.1) is 0 Å². The molecule has 1 heterocycles. The molecule has 112 valence electrons. The maximum Gasteiger partial charge on any atom is 0.240 e. The highest BCUT2D eigenvalue weighted by Crippen LogP contribution is 2.23. The van der Waals surface area contributed by atoms with E-state index in [0.29, 0.717) is 24.4 Å². The van der Waals surface area contributed by atoms with Gasteiger partial charge in [-0.1, -0.05) is 0 Å². The molecule has 1 atom stereocenters. The van der Waals surface area contributed by atoms with E-state index in [-0.39, 0.29) is 10.8 Å². The first kappa shape index (κ1) is 15.3. The summed E-state index contributed by atoms with van der Waals surface area (Å²) >= 11 is 0. The Kier molecular flexibility index (Phi) is 4.67. The molecule has 2 rings (SSSR count). The molecule has 1 aliphatic rings. The summed E-state index contributed by atoms with van der Waals surface area (Å²) in [5.74, 6) is 0.251. The topological polar surface area (TPSA) is 81.4 Å². The molecule has 1 saturated heterocycles. The molecule has 20 heavy (non-hydrogen) atoms. The highest BCUT2D eigenvalue weighted by molar-refractivity contribution is 7.89. The van der Waals surface area contributed by atoms with Crippen molar-refractivity contribution in [3.63, 3.8) is 0 Å². The standard InChI is InChI=1S/C14H22N2O3S/c1-10-6-13(15)11(2)14(7-10)20(17,18)16-8-12-4-3-5-19-9-12/h6-7,12,16H,3-5,8-9,15H2,1-2H3. The van der Waals surface area contributed by atoms with Crippen molar-refractivity contribution in [1.82, 2.24) is 4.72 Å². The molecule has 0 aromatic heterocycles. The molecule has 0 radical (unpaired) electrons. The predicted molar refractivity (Wildman–Crippen MR) is 79.1 cm³/mol. The Hall–Kier alpha value is -1.11. The third-order valence-corrected chi connectivity index (χ3v) is 5.20. The molecule has 5 nitrogen and oxygen atoms in total. The quantitative estimate of drug-likeness (QED) is 0.827. The Morgan fingerprint density at radius 2 is 2.15 bits per heavy atom. The predicted octanol–water partition coefficient (Wildman–Crippen LogP) is 1.59. The molecular weight excluding hydrogens is 276 g/mol. The van der Waals surface area contributed by atoms with Crippen molar-refractivity contribution in [2.45, 2.75) is 31.6 Å². The highest BCUT2D eigenvalue weighted by atomic mass is 32.2. The van der Waals surface area contributed by atoms with Crippen LogP contribution in [-0.4, -0.2) is 28.2 Å². The Morgan fingerprint density at radius 3 is 2.80 bits per heavy atom. The van der Waals surface area contributed by atoms with Gasteiger partial charge >= 0.3 is 0 Å². The first-order valence-corrected chi connectivity index (χ1v) is 8.32. The van der Waals surface area contributed by atoms with E-state index in [1.165, 1.54) is 0 Å². The third-order valence-electron chi connectivity index (χ3n) is 3.65. The van der Waals surface area contributed by atoms with Crippen LogP contribution in [0.1, 0.15) is 24.0 Å². The number of ether oxygens (including phenoxy) is 1. The van der Waals surface area contributed by atoms with Crippen LogP contribution in [0.25, 0.3) is 0 Å². The summed E-state index contributed by atoms with van der Waals surface area (Å²) in [4.78, 5) is 0.270. The average molecular weight is 298 g/mol. The normalized spacial score (nSPS) is 20.0. The smallest absolute Gasteiger partial charge is 0.240 e. The van der Waals surface area contributed by atoms with E-state index in [1.54, 1.807) is 19.1 Å². The fraction of sp³-hybridized carbons (Fsp3) is 0.571. The second kappa shape index (κ2) is 6.11. The second-order valence-corrected chi connectivity index (χ2v) is 7.15. The first-order valence-electron chi connectivity index (χ1n) is 6.84. The molecule has 1 aromatic carbocycles. The minimum absolute atomic E-state index is 0.251. The Labute approximate surface area is 120 Å². The molecule has 1 unspecified atom stereocenters. The SMILES string of the molecule is Cc1cc(N)c(C)c(S(=O)(=O)NCC2CCCOC2)c1. The maximum atomic E-state index is 12.4. The van der Waals surface area contributed by atoms with Gasteiger partial charge in [0.05, 0.1) is 11.5 Å². The van der Waals surface area contributed by atoms with E-state index in [2.05, 4.69) is 4.72 Å². The highest BCUT2D eigenvalue weighted by Gasteiger charge is 2.21. The third kappa shape index (κ3) is 3.50. The van der Waals surface area contributed by atoms with Crippen molar-refractivity contribution < 1.29 is 13.2 Å². The van der Waals surface area contributed by atoms with Gasteiger partial charge in [-0.2, -0.15) is 0 Å². The van der Waals surface area contributed by atoms with E-state index in [4.69, 9.17) is 10.5 Å². The van der Waals surface area contributed by atoms with Crippen LogP contribution in [0.2, 0.25) is 0 Å². The summed E-state index contributed by atoms with van der Waals surface area (Å²) in [5, 5.41) is 0. The van der Waals surface area contributed by atoms with Gasteiger partial charge in [0.25, 0.3) is 0 Å². The lowest BCUT2D eigenvalue weighted by Crippen LogP contribution is -2.33. The molecule has 0 saturated carbocycles. The van der Waals surface area contributed by atoms with Gasteiger partial charge in [0.1, 0.15) is 0 Å². The van der Waals surface area contributed by atoms with Gasteiger partial charge < -0.3 is 10.5 Å². The van der Waals surface area contributed by atoms with E-state index in [0.717, 1.165) is 25.0 Å². The molecule has 0 aliphatic carbocycles. The molecule has 0 bridgehead atoms. The number of anilines is 1. The number of nitrogens with one attached hydrogen (secondary N) is 1. The summed E-state index contributed by atoms with van der Waals surface area (Å²) in [5.41, 5.74) is 7.79. The largest absolute Gasteiger partial charge is 0.398 e. The van der Waals surface area contributed by atoms with E-state index in [1.807, 2.05) is 6.92 Å². The van der Waals surface area contributed by atoms with Crippen molar-refractivity contribution >= 4 is 15.7 Å². The van der Waals surface area contributed by atoms with Crippen LogP contribution in [-0.2, 0) is 14.8 Å². The summed E-state index contributed by atoms with van der Waals surface area (Å²) in [6, 6.07) is 3.44. The number of aryl methyl sites for hydroxylation is 1. The van der Waals surface area contributed by atoms with Crippen LogP contribution in [0.5, 0.6) is 0 Å². The lowest BCUT2D eigenvalue weighted by atomic mass is 10.0. The number of hydrogen-bond donors (Lipinski definition) is 2. The van der Waals surface area contributed by atoms with Crippen molar-refractivity contribution in [3.05, 3.63) is 23.3 Å². The average Bonchev–Trinajstić information content (AvgIpc) is 2.42. The van der Waals surface area contributed by atoms with Gasteiger partial charge in [0.15, 0.2) is 0 Å². The minimum Gasteiger partial charge on any atom is -0.398 e. The van der Waals surface area contributed by atoms with Gasteiger partial charge in [-0.25, -0.2) is 13.1 Å². The van der Waals surface area contributed by atoms with Crippen LogP contribution in [0, 0.1) is 19.8 Å². The van der Waals surface area contributed by atoms with E-state index < -0.39 is 10.0 Å². The number of hydrogen-bond acceptors (Lipinski definition) is 4. The molecular formula is C14H22N2O3S. The van der Waals surface area contributed by atoms with Crippen molar-refractivity contribution in [2.75, 3.05) is 25.5 Å². The summed E-state index contributed by atoms with van der Waals surface area (Å²) in [6.45, 7) is 5.38. The number of nitrogen functional groups attached to an aromatic ring is 1. The molecule has 6 heteroatoms. The monoisotopic (exact) mass is 298 g/mol. The van der Waals surface area contributed by atoms with Gasteiger partial charge in [0.2, 0.25) is 10.0 Å². The lowest BCUT2D eigenvalue weighted by molar-refractivity contribution is 0.0568. The second-order valence-electron chi connectivity index (χ2n) is 5.41. The van der Waals surface area contributed by atoms with Crippen LogP contribution in [0.3, 0.4) is 0 Å². The first-order chi connectivity index (χ1) is 9.40. The summed E-state index contributed by atoms with van der Waals surface area (Å²) in [6.07, 6.45) is 1.99. The Morgan fingerprint density at radius 1 is 1.40 bits per heavy atom. The summed E-state index contributed by atoms with van der Waals surface area (Å²) in [7, 11) is -3.52. The molecule has 0 amide bonds. The van der Waals surface area contributed by atoms with Crippen molar-refractivity contribution in [2.24, 2.45) is 5.92 Å².